The van der Waals surface area contributed by atoms with Gasteiger partial charge < -0.3 is 4.90 Å². The number of aryl methyl sites for hydroxylation is 1. The quantitative estimate of drug-likeness (QED) is 0.826. The molecule has 20 heavy (non-hydrogen) atoms. The van der Waals surface area contributed by atoms with Crippen molar-refractivity contribution in [3.05, 3.63) is 46.6 Å². The Labute approximate surface area is 122 Å². The van der Waals surface area contributed by atoms with Gasteiger partial charge in [0.2, 0.25) is 0 Å². The van der Waals surface area contributed by atoms with E-state index in [1.54, 1.807) is 24.5 Å². The number of carbonyl (C=O) groups is 1. The molecule has 0 bridgehead atoms. The number of carbonyl (C=O) groups excluding carboxylic acids is 1. The van der Waals surface area contributed by atoms with Gasteiger partial charge in [0, 0.05) is 23.3 Å². The van der Waals surface area contributed by atoms with Crippen LogP contribution < -0.4 is 0 Å². The zero-order chi connectivity index (χ0) is 14.7. The minimum atomic E-state index is -0.459. The van der Waals surface area contributed by atoms with Gasteiger partial charge in [-0.2, -0.15) is 0 Å². The van der Waals surface area contributed by atoms with Crippen molar-refractivity contribution in [1.82, 2.24) is 4.90 Å². The summed E-state index contributed by atoms with van der Waals surface area (Å²) in [6.07, 6.45) is 0.977. The Morgan fingerprint density at radius 2 is 2.00 bits per heavy atom. The number of rotatable bonds is 4. The van der Waals surface area contributed by atoms with E-state index >= 15 is 0 Å². The highest BCUT2D eigenvalue weighted by Crippen LogP contribution is 2.29. The molecular formula is C16H18FNOS. The van der Waals surface area contributed by atoms with E-state index in [2.05, 4.69) is 13.0 Å². The highest BCUT2D eigenvalue weighted by molar-refractivity contribution is 7.15. The van der Waals surface area contributed by atoms with Crippen LogP contribution in [0.25, 0.3) is 10.4 Å². The lowest BCUT2D eigenvalue weighted by Gasteiger charge is -2.15. The zero-order valence-corrected chi connectivity index (χ0v) is 12.8. The Morgan fingerprint density at radius 3 is 2.55 bits per heavy atom. The van der Waals surface area contributed by atoms with E-state index in [9.17, 15) is 9.18 Å². The summed E-state index contributed by atoms with van der Waals surface area (Å²) in [4.78, 5) is 15.8. The molecule has 0 unspecified atom stereocenters. The lowest BCUT2D eigenvalue weighted by molar-refractivity contribution is 0.0798. The second-order valence-corrected chi connectivity index (χ2v) is 5.80. The lowest BCUT2D eigenvalue weighted by Crippen LogP contribution is -2.27. The van der Waals surface area contributed by atoms with E-state index < -0.39 is 5.82 Å². The molecule has 0 fully saturated rings. The van der Waals surface area contributed by atoms with Crippen LogP contribution in [0.5, 0.6) is 0 Å². The smallest absolute Gasteiger partial charge is 0.256 e. The number of amides is 1. The molecule has 1 aromatic carbocycles. The van der Waals surface area contributed by atoms with Gasteiger partial charge in [0.05, 0.1) is 5.56 Å². The van der Waals surface area contributed by atoms with Crippen LogP contribution in [-0.2, 0) is 6.42 Å². The molecule has 0 aliphatic carbocycles. The maximum absolute atomic E-state index is 14.1. The van der Waals surface area contributed by atoms with Crippen LogP contribution in [0.3, 0.4) is 0 Å². The average molecular weight is 291 g/mol. The first-order valence-electron chi connectivity index (χ1n) is 6.70. The van der Waals surface area contributed by atoms with Crippen molar-refractivity contribution in [2.24, 2.45) is 0 Å². The highest BCUT2D eigenvalue weighted by Gasteiger charge is 2.16. The summed E-state index contributed by atoms with van der Waals surface area (Å²) in [5.41, 5.74) is 0.952. The molecule has 0 saturated heterocycles. The summed E-state index contributed by atoms with van der Waals surface area (Å²) in [6.45, 7) is 4.52. The highest BCUT2D eigenvalue weighted by atomic mass is 32.1. The van der Waals surface area contributed by atoms with Crippen molar-refractivity contribution >= 4 is 17.2 Å². The van der Waals surface area contributed by atoms with Crippen LogP contribution >= 0.6 is 11.3 Å². The molecule has 1 heterocycles. The van der Waals surface area contributed by atoms with Crippen LogP contribution in [-0.4, -0.2) is 24.4 Å². The van der Waals surface area contributed by atoms with Crippen molar-refractivity contribution in [2.75, 3.05) is 13.6 Å². The Kier molecular flexibility index (Phi) is 4.55. The largest absolute Gasteiger partial charge is 0.342 e. The number of halogens is 1. The third kappa shape index (κ3) is 2.90. The van der Waals surface area contributed by atoms with Crippen molar-refractivity contribution in [3.8, 4) is 10.4 Å². The molecule has 106 valence electrons. The van der Waals surface area contributed by atoms with Crippen LogP contribution in [0.2, 0.25) is 0 Å². The van der Waals surface area contributed by atoms with Crippen LogP contribution in [0.4, 0.5) is 4.39 Å². The van der Waals surface area contributed by atoms with E-state index in [1.165, 1.54) is 15.8 Å². The van der Waals surface area contributed by atoms with Crippen molar-refractivity contribution in [2.45, 2.75) is 20.3 Å². The fourth-order valence-corrected chi connectivity index (χ4v) is 2.86. The summed E-state index contributed by atoms with van der Waals surface area (Å²) in [7, 11) is 1.67. The van der Waals surface area contributed by atoms with Gasteiger partial charge in [-0.1, -0.05) is 13.0 Å². The molecule has 2 rings (SSSR count). The minimum absolute atomic E-state index is 0.130. The number of nitrogens with zero attached hydrogens (tertiary/aromatic N) is 1. The normalized spacial score (nSPS) is 10.6. The summed E-state index contributed by atoms with van der Waals surface area (Å²) >= 11 is 1.66. The van der Waals surface area contributed by atoms with Gasteiger partial charge >= 0.3 is 0 Å². The molecule has 0 atom stereocenters. The molecule has 4 heteroatoms. The predicted molar refractivity (Wildman–Crippen MR) is 81.7 cm³/mol. The maximum Gasteiger partial charge on any atom is 0.256 e. The van der Waals surface area contributed by atoms with Crippen molar-refractivity contribution in [1.29, 1.82) is 0 Å². The average Bonchev–Trinajstić information content (AvgIpc) is 2.94. The SMILES string of the molecule is CCc1ccc(-c2ccc(C(=O)N(C)CC)c(F)c2)s1. The molecule has 2 aromatic rings. The van der Waals surface area contributed by atoms with Gasteiger partial charge in [-0.25, -0.2) is 4.39 Å². The first-order chi connectivity index (χ1) is 9.56. The third-order valence-electron chi connectivity index (χ3n) is 3.32. The topological polar surface area (TPSA) is 20.3 Å². The van der Waals surface area contributed by atoms with Crippen molar-refractivity contribution in [3.63, 3.8) is 0 Å². The molecule has 1 amide bonds. The number of hydrogen-bond donors (Lipinski definition) is 0. The van der Waals surface area contributed by atoms with Gasteiger partial charge in [-0.15, -0.1) is 11.3 Å². The van der Waals surface area contributed by atoms with Crippen LogP contribution in [0.15, 0.2) is 30.3 Å². The molecular weight excluding hydrogens is 273 g/mol. The van der Waals surface area contributed by atoms with Gasteiger partial charge in [0.25, 0.3) is 5.91 Å². The van der Waals surface area contributed by atoms with Gasteiger partial charge in [0.1, 0.15) is 5.82 Å². The summed E-state index contributed by atoms with van der Waals surface area (Å²) in [5.74, 6) is -0.740. The predicted octanol–water partition coefficient (Wildman–Crippen LogP) is 4.21. The fraction of sp³-hybridized carbons (Fsp3) is 0.312. The first kappa shape index (κ1) is 14.7. The van der Waals surface area contributed by atoms with Crippen LogP contribution in [0, 0.1) is 5.82 Å². The van der Waals surface area contributed by atoms with E-state index in [-0.39, 0.29) is 11.5 Å². The van der Waals surface area contributed by atoms with E-state index in [4.69, 9.17) is 0 Å². The lowest BCUT2D eigenvalue weighted by atomic mass is 10.1. The summed E-state index contributed by atoms with van der Waals surface area (Å²) in [6, 6.07) is 8.89. The monoisotopic (exact) mass is 291 g/mol. The number of benzene rings is 1. The zero-order valence-electron chi connectivity index (χ0n) is 11.9. The molecule has 0 N–H and O–H groups in total. The molecule has 0 saturated carbocycles. The Morgan fingerprint density at radius 1 is 1.25 bits per heavy atom. The Balaban J connectivity index is 2.32. The molecule has 0 aliphatic heterocycles. The summed E-state index contributed by atoms with van der Waals surface area (Å²) in [5, 5.41) is 0. The molecule has 2 nitrogen and oxygen atoms in total. The second-order valence-electron chi connectivity index (χ2n) is 4.63. The maximum atomic E-state index is 14.1. The molecule has 1 aromatic heterocycles. The van der Waals surface area contributed by atoms with Crippen LogP contribution in [0.1, 0.15) is 29.1 Å². The third-order valence-corrected chi connectivity index (χ3v) is 4.59. The molecule has 0 aliphatic rings. The molecule has 0 spiro atoms. The van der Waals surface area contributed by atoms with E-state index in [0.29, 0.717) is 6.54 Å². The fourth-order valence-electron chi connectivity index (χ4n) is 1.91. The van der Waals surface area contributed by atoms with Gasteiger partial charge in [-0.05, 0) is 43.2 Å². The standard InChI is InChI=1S/C16H18FNOS/c1-4-12-7-9-15(20-12)11-6-8-13(14(17)10-11)16(19)18(3)5-2/h6-10H,4-5H2,1-3H3. The number of hydrogen-bond acceptors (Lipinski definition) is 2. The second kappa shape index (κ2) is 6.18. The van der Waals surface area contributed by atoms with Gasteiger partial charge in [0.15, 0.2) is 0 Å². The first-order valence-corrected chi connectivity index (χ1v) is 7.52. The van der Waals surface area contributed by atoms with E-state index in [1.807, 2.05) is 19.1 Å². The van der Waals surface area contributed by atoms with E-state index in [0.717, 1.165) is 16.9 Å². The Bertz CT molecular complexity index is 621. The summed E-state index contributed by atoms with van der Waals surface area (Å²) < 4.78 is 14.1. The van der Waals surface area contributed by atoms with Gasteiger partial charge in [-0.3, -0.25) is 4.79 Å². The minimum Gasteiger partial charge on any atom is -0.342 e. The number of thiophene rings is 1. The Hall–Kier alpha value is -1.68. The van der Waals surface area contributed by atoms with Crippen molar-refractivity contribution < 1.29 is 9.18 Å². The molecule has 0 radical (unpaired) electrons.